The van der Waals surface area contributed by atoms with Crippen molar-refractivity contribution in [2.75, 3.05) is 6.61 Å². The summed E-state index contributed by atoms with van der Waals surface area (Å²) in [5, 5.41) is 3.33. The highest BCUT2D eigenvalue weighted by Gasteiger charge is 2.50. The molecule has 0 bridgehead atoms. The summed E-state index contributed by atoms with van der Waals surface area (Å²) in [7, 11) is -2.01. The number of hydrogen-bond donors (Lipinski definition) is 1. The van der Waals surface area contributed by atoms with E-state index in [1.807, 2.05) is 6.92 Å². The van der Waals surface area contributed by atoms with Gasteiger partial charge in [0.05, 0.1) is 28.5 Å². The molecule has 36 heavy (non-hydrogen) atoms. The number of Topliss-reactive ketones (excluding diaryl/α,β-unsaturated/α-hetero) is 1. The van der Waals surface area contributed by atoms with Gasteiger partial charge in [0.25, 0.3) is 0 Å². The second-order valence-electron chi connectivity index (χ2n) is 12.4. The number of fused-ring (bicyclic) bond motifs is 1. The lowest BCUT2D eigenvalue weighted by molar-refractivity contribution is -0.136. The molecule has 0 amide bonds. The molecule has 1 aromatic heterocycles. The van der Waals surface area contributed by atoms with Crippen molar-refractivity contribution in [2.45, 2.75) is 108 Å². The predicted octanol–water partition coefficient (Wildman–Crippen LogP) is 6.26. The molecule has 2 heterocycles. The summed E-state index contributed by atoms with van der Waals surface area (Å²) in [6, 6.07) is 2.30. The fraction of sp³-hybridized carbons (Fsp3) is 0.692. The number of rotatable bonds is 6. The van der Waals surface area contributed by atoms with Crippen LogP contribution in [-0.4, -0.2) is 47.9 Å². The predicted molar refractivity (Wildman–Crippen MR) is 136 cm³/mol. The van der Waals surface area contributed by atoms with Gasteiger partial charge in [0.15, 0.2) is 8.32 Å². The number of hydrogen-bond acceptors (Lipinski definition) is 5. The molecule has 2 atom stereocenters. The minimum absolute atomic E-state index is 0.0255. The molecule has 1 aliphatic carbocycles. The first-order valence-corrected chi connectivity index (χ1v) is 15.6. The van der Waals surface area contributed by atoms with Crippen LogP contribution in [-0.2, 0) is 15.4 Å². The van der Waals surface area contributed by atoms with Crippen LogP contribution in [0.3, 0.4) is 0 Å². The van der Waals surface area contributed by atoms with Gasteiger partial charge in [-0.2, -0.15) is 13.2 Å². The first-order chi connectivity index (χ1) is 16.5. The van der Waals surface area contributed by atoms with Gasteiger partial charge in [0.2, 0.25) is 0 Å². The van der Waals surface area contributed by atoms with Crippen molar-refractivity contribution >= 4 is 25.1 Å². The van der Waals surface area contributed by atoms with E-state index >= 15 is 0 Å². The molecule has 2 aromatic rings. The number of imidazole rings is 1. The summed E-state index contributed by atoms with van der Waals surface area (Å²) < 4.78 is 56.5. The summed E-state index contributed by atoms with van der Waals surface area (Å²) in [5.74, 6) is 0.234. The van der Waals surface area contributed by atoms with Gasteiger partial charge in [0.1, 0.15) is 18.1 Å². The SMILES string of the molecule is C[C@H]1CC(=O)C[C@@H](COc2cc(C(F)(F)F)c3c(c2)ncn3C2CC(C)(O[Si](C)(C)C(C)(C)C)C2)N1. The van der Waals surface area contributed by atoms with E-state index in [1.165, 1.54) is 6.33 Å². The maximum atomic E-state index is 14.2. The Balaban J connectivity index is 1.55. The number of ketones is 1. The molecule has 1 N–H and O–H groups in total. The summed E-state index contributed by atoms with van der Waals surface area (Å²) in [6.45, 7) is 15.0. The summed E-state index contributed by atoms with van der Waals surface area (Å²) in [4.78, 5) is 16.2. The molecule has 1 aromatic carbocycles. The molecule has 10 heteroatoms. The van der Waals surface area contributed by atoms with Crippen LogP contribution in [0.2, 0.25) is 18.1 Å². The van der Waals surface area contributed by atoms with Crippen LogP contribution < -0.4 is 10.1 Å². The van der Waals surface area contributed by atoms with Gasteiger partial charge in [0, 0.05) is 37.0 Å². The molecule has 4 rings (SSSR count). The molecule has 1 aliphatic heterocycles. The van der Waals surface area contributed by atoms with Crippen molar-refractivity contribution < 1.29 is 27.1 Å². The highest BCUT2D eigenvalue weighted by molar-refractivity contribution is 6.74. The molecule has 200 valence electrons. The number of nitrogens with one attached hydrogen (secondary N) is 1. The topological polar surface area (TPSA) is 65.4 Å². The van der Waals surface area contributed by atoms with Gasteiger partial charge >= 0.3 is 6.18 Å². The average molecular weight is 526 g/mol. The Labute approximate surface area is 212 Å². The highest BCUT2D eigenvalue weighted by Crippen LogP contribution is 2.50. The molecule has 0 unspecified atom stereocenters. The molecule has 6 nitrogen and oxygen atoms in total. The average Bonchev–Trinajstić information content (AvgIpc) is 3.10. The number of carbonyl (C=O) groups excluding carboxylic acids is 1. The van der Waals surface area contributed by atoms with Crippen LogP contribution in [0.4, 0.5) is 13.2 Å². The third-order valence-electron chi connectivity index (χ3n) is 7.96. The van der Waals surface area contributed by atoms with E-state index in [2.05, 4.69) is 51.1 Å². The van der Waals surface area contributed by atoms with E-state index in [9.17, 15) is 18.0 Å². The number of ether oxygens (including phenoxy) is 1. The largest absolute Gasteiger partial charge is 0.492 e. The lowest BCUT2D eigenvalue weighted by Gasteiger charge is -2.52. The second kappa shape index (κ2) is 9.13. The summed E-state index contributed by atoms with van der Waals surface area (Å²) in [5.41, 5.74) is -0.783. The number of halogens is 3. The molecule has 2 fully saturated rings. The molecule has 1 saturated carbocycles. The summed E-state index contributed by atoms with van der Waals surface area (Å²) >= 11 is 0. The lowest BCUT2D eigenvalue weighted by Crippen LogP contribution is -2.54. The van der Waals surface area contributed by atoms with Crippen molar-refractivity contribution in [2.24, 2.45) is 0 Å². The van der Waals surface area contributed by atoms with E-state index in [0.29, 0.717) is 25.7 Å². The van der Waals surface area contributed by atoms with Crippen molar-refractivity contribution in [3.63, 3.8) is 0 Å². The smallest absolute Gasteiger partial charge is 0.418 e. The maximum absolute atomic E-state index is 14.2. The molecular weight excluding hydrogens is 487 g/mol. The van der Waals surface area contributed by atoms with Crippen molar-refractivity contribution in [1.82, 2.24) is 14.9 Å². The zero-order valence-electron chi connectivity index (χ0n) is 22.3. The number of piperidine rings is 1. The Kier molecular flexibility index (Phi) is 6.88. The van der Waals surface area contributed by atoms with E-state index in [1.54, 1.807) is 10.6 Å². The Hall–Kier alpha value is -1.91. The van der Waals surface area contributed by atoms with Crippen molar-refractivity contribution in [3.8, 4) is 5.75 Å². The van der Waals surface area contributed by atoms with Crippen LogP contribution >= 0.6 is 0 Å². The van der Waals surface area contributed by atoms with Crippen LogP contribution in [0, 0.1) is 0 Å². The first kappa shape index (κ1) is 27.1. The van der Waals surface area contributed by atoms with Crippen LogP contribution in [0.5, 0.6) is 5.75 Å². The van der Waals surface area contributed by atoms with Gasteiger partial charge in [-0.1, -0.05) is 20.8 Å². The molecule has 2 aliphatic rings. The van der Waals surface area contributed by atoms with Gasteiger partial charge in [-0.25, -0.2) is 4.98 Å². The fourth-order valence-electron chi connectivity index (χ4n) is 5.23. The summed E-state index contributed by atoms with van der Waals surface area (Å²) in [6.07, 6.45) is -1.01. The van der Waals surface area contributed by atoms with Gasteiger partial charge in [-0.3, -0.25) is 4.79 Å². The Bertz CT molecular complexity index is 1130. The zero-order chi connectivity index (χ0) is 26.7. The Morgan fingerprint density at radius 2 is 1.86 bits per heavy atom. The Morgan fingerprint density at radius 3 is 2.44 bits per heavy atom. The highest BCUT2D eigenvalue weighted by atomic mass is 28.4. The van der Waals surface area contributed by atoms with Gasteiger partial charge in [-0.15, -0.1) is 0 Å². The van der Waals surface area contributed by atoms with Crippen molar-refractivity contribution in [1.29, 1.82) is 0 Å². The zero-order valence-corrected chi connectivity index (χ0v) is 23.3. The van der Waals surface area contributed by atoms with Crippen LogP contribution in [0.1, 0.15) is 71.9 Å². The normalized spacial score (nSPS) is 27.8. The van der Waals surface area contributed by atoms with E-state index in [4.69, 9.17) is 9.16 Å². The first-order valence-electron chi connectivity index (χ1n) is 12.7. The standard InChI is InChI=1S/C26H38F3N3O3Si/c1-16-8-19(33)9-17(31-16)14-34-20-10-21(26(27,28)29)23-22(11-20)30-15-32(23)18-12-25(5,13-18)35-36(6,7)24(2,3)4/h10-11,15-18,31H,8-9,12-14H2,1-7H3/t16-,17-,18?,25?/m0/s1. The maximum Gasteiger partial charge on any atom is 0.418 e. The minimum Gasteiger partial charge on any atom is -0.492 e. The lowest BCUT2D eigenvalue weighted by atomic mass is 9.77. The number of nitrogens with zero attached hydrogens (tertiary/aromatic N) is 2. The molecule has 1 saturated heterocycles. The monoisotopic (exact) mass is 525 g/mol. The quantitative estimate of drug-likeness (QED) is 0.451. The fourth-order valence-corrected chi connectivity index (χ4v) is 6.94. The van der Waals surface area contributed by atoms with Crippen LogP contribution in [0.25, 0.3) is 11.0 Å². The van der Waals surface area contributed by atoms with Gasteiger partial charge in [-0.05, 0) is 50.9 Å². The van der Waals surface area contributed by atoms with Crippen LogP contribution in [0.15, 0.2) is 18.5 Å². The third-order valence-corrected chi connectivity index (χ3v) is 12.6. The van der Waals surface area contributed by atoms with E-state index < -0.39 is 20.1 Å². The van der Waals surface area contributed by atoms with Crippen molar-refractivity contribution in [3.05, 3.63) is 24.0 Å². The Morgan fingerprint density at radius 1 is 1.19 bits per heavy atom. The van der Waals surface area contributed by atoms with E-state index in [-0.39, 0.29) is 57.9 Å². The number of carbonyl (C=O) groups is 1. The van der Waals surface area contributed by atoms with Gasteiger partial charge < -0.3 is 19.0 Å². The number of benzene rings is 1. The molecular formula is C26H38F3N3O3Si. The molecule has 0 radical (unpaired) electrons. The second-order valence-corrected chi connectivity index (χ2v) is 17.1. The number of aromatic nitrogens is 2. The molecule has 0 spiro atoms. The number of alkyl halides is 3. The van der Waals surface area contributed by atoms with E-state index in [0.717, 1.165) is 6.07 Å². The minimum atomic E-state index is -4.56. The third kappa shape index (κ3) is 5.50.